The summed E-state index contributed by atoms with van der Waals surface area (Å²) >= 11 is 6.85. The van der Waals surface area contributed by atoms with Crippen LogP contribution in [0.15, 0.2) is 28.2 Å². The van der Waals surface area contributed by atoms with Gasteiger partial charge in [0, 0.05) is 5.69 Å². The van der Waals surface area contributed by atoms with E-state index in [2.05, 4.69) is 15.3 Å². The fraction of sp³-hybridized carbons (Fsp3) is 0.333. The summed E-state index contributed by atoms with van der Waals surface area (Å²) in [5.41, 5.74) is -0.467. The van der Waals surface area contributed by atoms with Gasteiger partial charge in [0.2, 0.25) is 0 Å². The SMILES string of the molecule is CC(O)CN=C1N=C(Nc2ccc(C(F)(F)F)c(Cl)c2)S1. The molecule has 2 rings (SSSR count). The van der Waals surface area contributed by atoms with Crippen LogP contribution in [-0.2, 0) is 6.18 Å². The lowest BCUT2D eigenvalue weighted by molar-refractivity contribution is -0.137. The molecule has 0 fully saturated rings. The van der Waals surface area contributed by atoms with Gasteiger partial charge < -0.3 is 10.4 Å². The van der Waals surface area contributed by atoms with Gasteiger partial charge in [0.05, 0.1) is 23.2 Å². The predicted molar refractivity (Wildman–Crippen MR) is 79.1 cm³/mol. The smallest absolute Gasteiger partial charge is 0.391 e. The number of benzene rings is 1. The van der Waals surface area contributed by atoms with E-state index in [-0.39, 0.29) is 11.6 Å². The molecule has 2 N–H and O–H groups in total. The lowest BCUT2D eigenvalue weighted by Gasteiger charge is -2.17. The van der Waals surface area contributed by atoms with E-state index in [4.69, 9.17) is 16.7 Å². The Kier molecular flexibility index (Phi) is 4.80. The molecular formula is C12H11ClF3N3OS. The fourth-order valence-electron chi connectivity index (χ4n) is 1.46. The highest BCUT2D eigenvalue weighted by molar-refractivity contribution is 8.28. The number of aliphatic hydroxyl groups is 1. The highest BCUT2D eigenvalue weighted by Gasteiger charge is 2.33. The van der Waals surface area contributed by atoms with Crippen molar-refractivity contribution in [2.75, 3.05) is 11.9 Å². The molecule has 4 nitrogen and oxygen atoms in total. The van der Waals surface area contributed by atoms with E-state index >= 15 is 0 Å². The lowest BCUT2D eigenvalue weighted by Crippen LogP contribution is -2.21. The molecule has 1 atom stereocenters. The number of hydrogen-bond acceptors (Lipinski definition) is 4. The molecule has 0 spiro atoms. The monoisotopic (exact) mass is 337 g/mol. The molecule has 0 radical (unpaired) electrons. The summed E-state index contributed by atoms with van der Waals surface area (Å²) in [7, 11) is 0. The van der Waals surface area contributed by atoms with Gasteiger partial charge in [0.15, 0.2) is 10.3 Å². The minimum Gasteiger partial charge on any atom is -0.391 e. The molecule has 0 saturated carbocycles. The molecule has 1 aromatic carbocycles. The molecule has 21 heavy (non-hydrogen) atoms. The van der Waals surface area contributed by atoms with Gasteiger partial charge in [-0.15, -0.1) is 0 Å². The minimum absolute atomic E-state index is 0.255. The zero-order chi connectivity index (χ0) is 15.6. The van der Waals surface area contributed by atoms with Gasteiger partial charge >= 0.3 is 6.18 Å². The molecule has 1 unspecified atom stereocenters. The Morgan fingerprint density at radius 3 is 2.67 bits per heavy atom. The highest BCUT2D eigenvalue weighted by atomic mass is 35.5. The third-order valence-electron chi connectivity index (χ3n) is 2.40. The Bertz CT molecular complexity index is 602. The molecule has 0 aromatic heterocycles. The number of thioether (sulfide) groups is 1. The summed E-state index contributed by atoms with van der Waals surface area (Å²) in [4.78, 5) is 8.04. The van der Waals surface area contributed by atoms with Crippen LogP contribution in [0, 0.1) is 0 Å². The Morgan fingerprint density at radius 1 is 1.48 bits per heavy atom. The normalized spacial score (nSPS) is 18.2. The second kappa shape index (κ2) is 6.25. The quantitative estimate of drug-likeness (QED) is 0.886. The zero-order valence-electron chi connectivity index (χ0n) is 10.8. The zero-order valence-corrected chi connectivity index (χ0v) is 12.4. The van der Waals surface area contributed by atoms with Gasteiger partial charge in [0.1, 0.15) is 0 Å². The number of amidine groups is 2. The molecular weight excluding hydrogens is 327 g/mol. The van der Waals surface area contributed by atoms with Crippen molar-refractivity contribution >= 4 is 39.4 Å². The first-order chi connectivity index (χ1) is 9.75. The Morgan fingerprint density at radius 2 is 2.14 bits per heavy atom. The molecule has 0 aliphatic carbocycles. The van der Waals surface area contributed by atoms with Crippen molar-refractivity contribution in [1.29, 1.82) is 0 Å². The maximum absolute atomic E-state index is 12.6. The molecule has 0 saturated heterocycles. The molecule has 9 heteroatoms. The number of aliphatic hydroxyl groups excluding tert-OH is 1. The third kappa shape index (κ3) is 4.36. The second-order valence-corrected chi connectivity index (χ2v) is 5.67. The maximum Gasteiger partial charge on any atom is 0.417 e. The van der Waals surface area contributed by atoms with Crippen LogP contribution in [0.25, 0.3) is 0 Å². The molecule has 1 aromatic rings. The van der Waals surface area contributed by atoms with Crippen LogP contribution in [-0.4, -0.2) is 28.1 Å². The Labute approximate surface area is 128 Å². The molecule has 1 aliphatic heterocycles. The Balaban J connectivity index is 2.01. The number of hydrogen-bond donors (Lipinski definition) is 2. The van der Waals surface area contributed by atoms with Crippen molar-refractivity contribution < 1.29 is 18.3 Å². The number of aliphatic imine (C=N–C) groups is 2. The van der Waals surface area contributed by atoms with Crippen LogP contribution in [0.5, 0.6) is 0 Å². The van der Waals surface area contributed by atoms with Crippen molar-refractivity contribution in [3.63, 3.8) is 0 Å². The second-order valence-electron chi connectivity index (χ2n) is 4.31. The number of halogens is 4. The van der Waals surface area contributed by atoms with E-state index in [0.29, 0.717) is 16.0 Å². The van der Waals surface area contributed by atoms with Gasteiger partial charge in [-0.3, -0.25) is 4.99 Å². The van der Waals surface area contributed by atoms with Gasteiger partial charge in [-0.05, 0) is 36.9 Å². The summed E-state index contributed by atoms with van der Waals surface area (Å²) in [6, 6.07) is 3.39. The standard InChI is InChI=1S/C12H11ClF3N3OS/c1-6(20)5-17-10-19-11(21-10)18-7-2-3-8(9(13)4-7)12(14,15)16/h2-4,6,20H,5H2,1H3,(H,17,18,19). The predicted octanol–water partition coefficient (Wildman–Crippen LogP) is 3.61. The van der Waals surface area contributed by atoms with E-state index in [1.165, 1.54) is 23.9 Å². The van der Waals surface area contributed by atoms with Gasteiger partial charge in [-0.25, -0.2) is 0 Å². The van der Waals surface area contributed by atoms with Crippen molar-refractivity contribution in [1.82, 2.24) is 0 Å². The summed E-state index contributed by atoms with van der Waals surface area (Å²) in [5, 5.41) is 12.5. The van der Waals surface area contributed by atoms with Crippen LogP contribution in [0.2, 0.25) is 5.02 Å². The number of nitrogens with one attached hydrogen (secondary N) is 1. The van der Waals surface area contributed by atoms with Crippen molar-refractivity contribution in [3.8, 4) is 0 Å². The maximum atomic E-state index is 12.6. The third-order valence-corrected chi connectivity index (χ3v) is 3.50. The summed E-state index contributed by atoms with van der Waals surface area (Å²) < 4.78 is 37.7. The molecule has 1 heterocycles. The van der Waals surface area contributed by atoms with Gasteiger partial charge in [-0.2, -0.15) is 18.2 Å². The average Bonchev–Trinajstić information content (AvgIpc) is 2.29. The van der Waals surface area contributed by atoms with E-state index in [1.807, 2.05) is 0 Å². The first-order valence-electron chi connectivity index (χ1n) is 5.88. The van der Waals surface area contributed by atoms with Gasteiger partial charge in [0.25, 0.3) is 0 Å². The Hall–Kier alpha value is -1.25. The van der Waals surface area contributed by atoms with Crippen LogP contribution in [0.4, 0.5) is 18.9 Å². The minimum atomic E-state index is -4.47. The van der Waals surface area contributed by atoms with Crippen molar-refractivity contribution in [3.05, 3.63) is 28.8 Å². The lowest BCUT2D eigenvalue weighted by atomic mass is 10.2. The first-order valence-corrected chi connectivity index (χ1v) is 7.08. The fourth-order valence-corrected chi connectivity index (χ4v) is 2.36. The van der Waals surface area contributed by atoms with Crippen LogP contribution in [0.3, 0.4) is 0 Å². The number of anilines is 1. The largest absolute Gasteiger partial charge is 0.417 e. The number of alkyl halides is 3. The van der Waals surface area contributed by atoms with Gasteiger partial charge in [-0.1, -0.05) is 11.6 Å². The summed E-state index contributed by atoms with van der Waals surface area (Å²) in [5.74, 6) is 0. The summed E-state index contributed by atoms with van der Waals surface area (Å²) in [6.07, 6.45) is -5.02. The van der Waals surface area contributed by atoms with Crippen molar-refractivity contribution in [2.24, 2.45) is 9.98 Å². The van der Waals surface area contributed by atoms with E-state index in [1.54, 1.807) is 6.92 Å². The van der Waals surface area contributed by atoms with Crippen LogP contribution in [0.1, 0.15) is 12.5 Å². The van der Waals surface area contributed by atoms with Crippen LogP contribution >= 0.6 is 23.4 Å². The van der Waals surface area contributed by atoms with Crippen molar-refractivity contribution in [2.45, 2.75) is 19.2 Å². The van der Waals surface area contributed by atoms with E-state index in [9.17, 15) is 13.2 Å². The molecule has 0 bridgehead atoms. The molecule has 0 amide bonds. The molecule has 1 aliphatic rings. The summed E-state index contributed by atoms with van der Waals surface area (Å²) in [6.45, 7) is 1.87. The molecule has 114 valence electrons. The average molecular weight is 338 g/mol. The first kappa shape index (κ1) is 16.1. The topological polar surface area (TPSA) is 57.0 Å². The van der Waals surface area contributed by atoms with E-state index < -0.39 is 17.8 Å². The van der Waals surface area contributed by atoms with Crippen LogP contribution < -0.4 is 5.32 Å². The number of rotatable bonds is 3. The number of nitrogens with zero attached hydrogens (tertiary/aromatic N) is 2. The van der Waals surface area contributed by atoms with E-state index in [0.717, 1.165) is 6.07 Å². The highest BCUT2D eigenvalue weighted by Crippen LogP contribution is 2.36.